The lowest BCUT2D eigenvalue weighted by Gasteiger charge is -2.39. The van der Waals surface area contributed by atoms with Crippen molar-refractivity contribution in [3.63, 3.8) is 0 Å². The van der Waals surface area contributed by atoms with E-state index in [9.17, 15) is 22.8 Å². The second-order valence-electron chi connectivity index (χ2n) is 5.00. The molecule has 0 aliphatic carbocycles. The topological polar surface area (TPSA) is 49.4 Å². The zero-order valence-electron chi connectivity index (χ0n) is 11.4. The Morgan fingerprint density at radius 1 is 1.29 bits per heavy atom. The van der Waals surface area contributed by atoms with E-state index in [2.05, 4.69) is 5.32 Å². The number of alkyl halides is 3. The smallest absolute Gasteiger partial charge is 0.345 e. The van der Waals surface area contributed by atoms with Crippen LogP contribution in [0.4, 0.5) is 13.2 Å². The Kier molecular flexibility index (Phi) is 4.20. The second kappa shape index (κ2) is 5.75. The number of piperazine rings is 1. The molecule has 1 N–H and O–H groups in total. The molecule has 0 bridgehead atoms. The first-order chi connectivity index (χ1) is 9.79. The van der Waals surface area contributed by atoms with Crippen LogP contribution in [0.2, 0.25) is 0 Å². The van der Waals surface area contributed by atoms with E-state index in [4.69, 9.17) is 0 Å². The van der Waals surface area contributed by atoms with Crippen LogP contribution in [-0.4, -0.2) is 35.5 Å². The molecule has 0 aromatic heterocycles. The van der Waals surface area contributed by atoms with Gasteiger partial charge >= 0.3 is 6.18 Å². The van der Waals surface area contributed by atoms with Crippen LogP contribution in [-0.2, 0) is 9.59 Å². The van der Waals surface area contributed by atoms with Crippen LogP contribution in [0.1, 0.15) is 24.9 Å². The average molecular weight is 300 g/mol. The Morgan fingerprint density at radius 2 is 1.90 bits per heavy atom. The van der Waals surface area contributed by atoms with Crippen LogP contribution < -0.4 is 5.32 Å². The monoisotopic (exact) mass is 300 g/mol. The zero-order valence-corrected chi connectivity index (χ0v) is 11.4. The lowest BCUT2D eigenvalue weighted by Crippen LogP contribution is -2.56. The molecule has 1 aliphatic rings. The molecule has 1 heterocycles. The number of nitrogens with one attached hydrogen (secondary N) is 1. The van der Waals surface area contributed by atoms with Gasteiger partial charge in [0.2, 0.25) is 11.8 Å². The highest BCUT2D eigenvalue weighted by atomic mass is 19.4. The predicted octanol–water partition coefficient (Wildman–Crippen LogP) is 2.03. The van der Waals surface area contributed by atoms with Gasteiger partial charge in [-0.3, -0.25) is 9.59 Å². The molecule has 21 heavy (non-hydrogen) atoms. The van der Waals surface area contributed by atoms with E-state index in [-0.39, 0.29) is 6.54 Å². The highest BCUT2D eigenvalue weighted by Crippen LogP contribution is 2.31. The summed E-state index contributed by atoms with van der Waals surface area (Å²) in [4.78, 5) is 25.1. The van der Waals surface area contributed by atoms with Crippen molar-refractivity contribution in [1.82, 2.24) is 10.2 Å². The Balaban J connectivity index is 2.33. The van der Waals surface area contributed by atoms with Gasteiger partial charge in [-0.1, -0.05) is 30.3 Å². The van der Waals surface area contributed by atoms with Crippen molar-refractivity contribution in [2.75, 3.05) is 6.54 Å². The highest BCUT2D eigenvalue weighted by molar-refractivity contribution is 5.95. The summed E-state index contributed by atoms with van der Waals surface area (Å²) in [6, 6.07) is 6.20. The third-order valence-corrected chi connectivity index (χ3v) is 3.35. The first-order valence-electron chi connectivity index (χ1n) is 6.50. The molecule has 2 unspecified atom stereocenters. The summed E-state index contributed by atoms with van der Waals surface area (Å²) >= 11 is 0. The van der Waals surface area contributed by atoms with E-state index in [0.717, 1.165) is 4.90 Å². The molecule has 1 aliphatic heterocycles. The molecule has 2 atom stereocenters. The third-order valence-electron chi connectivity index (χ3n) is 3.35. The Labute approximate surface area is 119 Å². The normalized spacial score (nSPS) is 21.1. The second-order valence-corrected chi connectivity index (χ2v) is 5.00. The number of nitrogens with zero attached hydrogens (tertiary/aromatic N) is 1. The van der Waals surface area contributed by atoms with Gasteiger partial charge in [0.1, 0.15) is 6.04 Å². The maximum absolute atomic E-state index is 12.6. The van der Waals surface area contributed by atoms with Crippen LogP contribution in [0.3, 0.4) is 0 Å². The Hall–Kier alpha value is -2.05. The van der Waals surface area contributed by atoms with Crippen molar-refractivity contribution in [2.45, 2.75) is 31.6 Å². The molecule has 0 saturated carbocycles. The number of carbonyl (C=O) groups is 2. The summed E-state index contributed by atoms with van der Waals surface area (Å²) in [6.07, 6.45) is -5.54. The summed E-state index contributed by atoms with van der Waals surface area (Å²) in [6.45, 7) is 1.03. The van der Waals surface area contributed by atoms with Crippen molar-refractivity contribution >= 4 is 11.8 Å². The minimum absolute atomic E-state index is 0.273. The molecule has 0 spiro atoms. The molecular formula is C14H15F3N2O2. The standard InChI is InChI=1S/C14H15F3N2O2/c1-9(7-14(15,16)17)19-11(20)8-18-13(21)12(19)10-5-3-2-4-6-10/h2-6,9,12H,7-8H2,1H3,(H,18,21). The van der Waals surface area contributed by atoms with Gasteiger partial charge in [0, 0.05) is 6.04 Å². The minimum Gasteiger partial charge on any atom is -0.345 e. The number of halogens is 3. The number of carbonyl (C=O) groups excluding carboxylic acids is 2. The maximum atomic E-state index is 12.6. The van der Waals surface area contributed by atoms with Gasteiger partial charge in [0.25, 0.3) is 0 Å². The number of hydrogen-bond acceptors (Lipinski definition) is 2. The zero-order chi connectivity index (χ0) is 15.6. The van der Waals surface area contributed by atoms with Crippen molar-refractivity contribution in [3.8, 4) is 0 Å². The number of benzene rings is 1. The minimum atomic E-state index is -4.39. The summed E-state index contributed by atoms with van der Waals surface area (Å²) in [7, 11) is 0. The van der Waals surface area contributed by atoms with E-state index < -0.39 is 36.5 Å². The molecule has 1 aromatic carbocycles. The lowest BCUT2D eigenvalue weighted by atomic mass is 9.99. The van der Waals surface area contributed by atoms with E-state index in [1.54, 1.807) is 30.3 Å². The van der Waals surface area contributed by atoms with Crippen LogP contribution in [0.25, 0.3) is 0 Å². The van der Waals surface area contributed by atoms with E-state index in [1.165, 1.54) is 6.92 Å². The lowest BCUT2D eigenvalue weighted by molar-refractivity contribution is -0.163. The largest absolute Gasteiger partial charge is 0.391 e. The first-order valence-corrected chi connectivity index (χ1v) is 6.50. The van der Waals surface area contributed by atoms with Crippen LogP contribution in [0, 0.1) is 0 Å². The fourth-order valence-corrected chi connectivity index (χ4v) is 2.50. The molecule has 1 fully saturated rings. The molecule has 4 nitrogen and oxygen atoms in total. The van der Waals surface area contributed by atoms with Gasteiger partial charge in [-0.2, -0.15) is 13.2 Å². The summed E-state index contributed by atoms with van der Waals surface area (Å²) in [5.74, 6) is -0.977. The van der Waals surface area contributed by atoms with Gasteiger partial charge < -0.3 is 10.2 Å². The summed E-state index contributed by atoms with van der Waals surface area (Å²) in [5, 5.41) is 2.42. The fraction of sp³-hybridized carbons (Fsp3) is 0.429. The maximum Gasteiger partial charge on any atom is 0.391 e. The van der Waals surface area contributed by atoms with Gasteiger partial charge in [0.05, 0.1) is 13.0 Å². The van der Waals surface area contributed by atoms with Crippen molar-refractivity contribution in [1.29, 1.82) is 0 Å². The number of hydrogen-bond donors (Lipinski definition) is 1. The van der Waals surface area contributed by atoms with E-state index in [0.29, 0.717) is 5.56 Å². The average Bonchev–Trinajstić information content (AvgIpc) is 2.40. The van der Waals surface area contributed by atoms with Crippen molar-refractivity contribution in [2.24, 2.45) is 0 Å². The SMILES string of the molecule is CC(CC(F)(F)F)N1C(=O)CNC(=O)C1c1ccccc1. The predicted molar refractivity (Wildman–Crippen MR) is 69.2 cm³/mol. The van der Waals surface area contributed by atoms with Gasteiger partial charge in [-0.05, 0) is 12.5 Å². The number of amides is 2. The molecule has 2 rings (SSSR count). The molecule has 7 heteroatoms. The highest BCUT2D eigenvalue weighted by Gasteiger charge is 2.42. The molecule has 1 aromatic rings. The van der Waals surface area contributed by atoms with E-state index in [1.807, 2.05) is 0 Å². The number of rotatable bonds is 3. The van der Waals surface area contributed by atoms with Crippen LogP contribution >= 0.6 is 0 Å². The third kappa shape index (κ3) is 3.53. The van der Waals surface area contributed by atoms with Crippen molar-refractivity contribution < 1.29 is 22.8 Å². The van der Waals surface area contributed by atoms with Gasteiger partial charge in [0.15, 0.2) is 0 Å². The van der Waals surface area contributed by atoms with Crippen LogP contribution in [0.15, 0.2) is 30.3 Å². The van der Waals surface area contributed by atoms with Gasteiger partial charge in [-0.15, -0.1) is 0 Å². The molecular weight excluding hydrogens is 285 g/mol. The molecule has 0 radical (unpaired) electrons. The first kappa shape index (κ1) is 15.3. The molecule has 114 valence electrons. The Bertz CT molecular complexity index is 531. The fourth-order valence-electron chi connectivity index (χ4n) is 2.50. The molecule has 1 saturated heterocycles. The van der Waals surface area contributed by atoms with Crippen molar-refractivity contribution in [3.05, 3.63) is 35.9 Å². The summed E-state index contributed by atoms with van der Waals surface area (Å²) in [5.41, 5.74) is 0.497. The quantitative estimate of drug-likeness (QED) is 0.928. The van der Waals surface area contributed by atoms with Crippen LogP contribution in [0.5, 0.6) is 0 Å². The Morgan fingerprint density at radius 3 is 2.48 bits per heavy atom. The summed E-state index contributed by atoms with van der Waals surface area (Å²) < 4.78 is 37.7. The van der Waals surface area contributed by atoms with Gasteiger partial charge in [-0.25, -0.2) is 0 Å². The van der Waals surface area contributed by atoms with E-state index >= 15 is 0 Å². The molecule has 2 amide bonds.